The third-order valence-electron chi connectivity index (χ3n) is 3.57. The third kappa shape index (κ3) is 6.50. The van der Waals surface area contributed by atoms with Crippen LogP contribution in [0.3, 0.4) is 0 Å². The first-order valence-electron chi connectivity index (χ1n) is 8.39. The van der Waals surface area contributed by atoms with Crippen LogP contribution in [0.15, 0.2) is 41.5 Å². The highest BCUT2D eigenvalue weighted by molar-refractivity contribution is 7.69. The number of carboxylic acid groups (broad SMARTS) is 1. The first kappa shape index (κ1) is 22.2. The van der Waals surface area contributed by atoms with Crippen molar-refractivity contribution in [3.8, 4) is 0 Å². The number of aliphatic hydroxyl groups is 1. The fraction of sp³-hybridized carbons (Fsp3) is 0.250. The molecule has 156 valence electrons. The molecule has 2 heterocycles. The standard InChI is InChI=1S/C15H17N5O2.CH3O5P/c21-9-5-4-8-20-10-16-12-13(20)18-15(19-14(12)22)17-11-6-2-1-3-7-11;2-1(3)7(4,5)6/h1-3,6-7,10,21H,4-5,8-9H2,(H2,17,18,19,22);(H,2,3)(H2,4,5,6). The summed E-state index contributed by atoms with van der Waals surface area (Å²) in [7, 11) is -4.82. The van der Waals surface area contributed by atoms with Gasteiger partial charge in [-0.15, -0.1) is 0 Å². The van der Waals surface area contributed by atoms with E-state index in [0.29, 0.717) is 30.1 Å². The van der Waals surface area contributed by atoms with Crippen molar-refractivity contribution in [2.75, 3.05) is 11.9 Å². The number of nitrogens with one attached hydrogen (secondary N) is 2. The summed E-state index contributed by atoms with van der Waals surface area (Å²) in [5.74, 6) is 0.382. The highest BCUT2D eigenvalue weighted by Gasteiger charge is 2.23. The average molecular weight is 425 g/mol. The zero-order valence-electron chi connectivity index (χ0n) is 15.1. The minimum atomic E-state index is -4.82. The van der Waals surface area contributed by atoms with Crippen molar-refractivity contribution >= 4 is 36.1 Å². The molecule has 2 aromatic heterocycles. The van der Waals surface area contributed by atoms with Crippen molar-refractivity contribution in [3.05, 3.63) is 47.0 Å². The van der Waals surface area contributed by atoms with E-state index in [1.54, 1.807) is 6.33 Å². The molecule has 0 unspecified atom stereocenters. The molecule has 3 aromatic rings. The number of anilines is 2. The Kier molecular flexibility index (Phi) is 7.62. The van der Waals surface area contributed by atoms with E-state index < -0.39 is 13.3 Å². The molecule has 0 fully saturated rings. The van der Waals surface area contributed by atoms with Gasteiger partial charge in [0.05, 0.1) is 6.33 Å². The van der Waals surface area contributed by atoms with E-state index in [2.05, 4.69) is 20.3 Å². The van der Waals surface area contributed by atoms with Crippen LogP contribution >= 0.6 is 7.60 Å². The average Bonchev–Trinajstić information content (AvgIpc) is 3.06. The molecule has 0 saturated heterocycles. The molecule has 0 aliphatic rings. The number of nitrogens with zero attached hydrogens (tertiary/aromatic N) is 3. The smallest absolute Gasteiger partial charge is 0.433 e. The highest BCUT2D eigenvalue weighted by Crippen LogP contribution is 2.34. The van der Waals surface area contributed by atoms with Gasteiger partial charge in [-0.2, -0.15) is 4.98 Å². The van der Waals surface area contributed by atoms with Gasteiger partial charge in [0.25, 0.3) is 5.56 Å². The second-order valence-corrected chi connectivity index (χ2v) is 7.24. The third-order valence-corrected chi connectivity index (χ3v) is 4.07. The molecule has 0 atom stereocenters. The van der Waals surface area contributed by atoms with Crippen LogP contribution in [0.25, 0.3) is 11.2 Å². The fourth-order valence-corrected chi connectivity index (χ4v) is 2.23. The van der Waals surface area contributed by atoms with E-state index in [1.165, 1.54) is 0 Å². The zero-order valence-corrected chi connectivity index (χ0v) is 16.0. The van der Waals surface area contributed by atoms with Gasteiger partial charge < -0.3 is 29.9 Å². The van der Waals surface area contributed by atoms with Crippen LogP contribution in [0.2, 0.25) is 0 Å². The molecule has 3 rings (SSSR count). The predicted octanol–water partition coefficient (Wildman–Crippen LogP) is 1.48. The molecule has 6 N–H and O–H groups in total. The molecule has 1 aromatic carbocycles. The van der Waals surface area contributed by atoms with E-state index >= 15 is 0 Å². The number of aryl methyl sites for hydroxylation is 1. The van der Waals surface area contributed by atoms with E-state index in [9.17, 15) is 14.2 Å². The van der Waals surface area contributed by atoms with Crippen LogP contribution in [0, 0.1) is 0 Å². The Balaban J connectivity index is 0.000000370. The van der Waals surface area contributed by atoms with Gasteiger partial charge in [-0.1, -0.05) is 18.2 Å². The van der Waals surface area contributed by atoms with Gasteiger partial charge in [0, 0.05) is 18.8 Å². The number of fused-ring (bicyclic) bond motifs is 1. The molecule has 0 saturated carbocycles. The van der Waals surface area contributed by atoms with E-state index in [0.717, 1.165) is 12.1 Å². The second kappa shape index (κ2) is 9.94. The number of aliphatic hydroxyl groups excluding tert-OH is 1. The van der Waals surface area contributed by atoms with Crippen molar-refractivity contribution in [1.29, 1.82) is 0 Å². The number of benzene rings is 1. The van der Waals surface area contributed by atoms with Crippen molar-refractivity contribution < 1.29 is 29.4 Å². The van der Waals surface area contributed by atoms with Crippen LogP contribution in [0.5, 0.6) is 0 Å². The summed E-state index contributed by atoms with van der Waals surface area (Å²) in [6.45, 7) is 0.819. The maximum Gasteiger partial charge on any atom is 0.433 e. The van der Waals surface area contributed by atoms with Gasteiger partial charge in [-0.05, 0) is 25.0 Å². The van der Waals surface area contributed by atoms with Crippen LogP contribution in [-0.2, 0) is 11.1 Å². The fourth-order valence-electron chi connectivity index (χ4n) is 2.23. The van der Waals surface area contributed by atoms with Gasteiger partial charge in [-0.3, -0.25) is 9.78 Å². The quantitative estimate of drug-likeness (QED) is 0.239. The number of aromatic amines is 1. The lowest BCUT2D eigenvalue weighted by Crippen LogP contribution is -2.12. The van der Waals surface area contributed by atoms with E-state index in [-0.39, 0.29) is 12.2 Å². The first-order valence-corrected chi connectivity index (χ1v) is 10.0. The van der Waals surface area contributed by atoms with Crippen LogP contribution in [0.1, 0.15) is 12.8 Å². The Hall–Kier alpha value is -3.05. The Bertz CT molecular complexity index is 1060. The molecule has 0 bridgehead atoms. The second-order valence-electron chi connectivity index (χ2n) is 5.77. The SMILES string of the molecule is O=C(O)P(=O)(O)O.O=c1[nH]c(Nc2ccccc2)nc2c1ncn2CCCCO. The summed E-state index contributed by atoms with van der Waals surface area (Å²) >= 11 is 0. The summed E-state index contributed by atoms with van der Waals surface area (Å²) in [6.07, 6.45) is 3.12. The molecule has 0 radical (unpaired) electrons. The monoisotopic (exact) mass is 425 g/mol. The number of hydrogen-bond acceptors (Lipinski definition) is 7. The Morgan fingerprint density at radius 1 is 1.21 bits per heavy atom. The molecule has 0 spiro atoms. The first-order chi connectivity index (χ1) is 13.7. The number of carbonyl (C=O) groups is 1. The largest absolute Gasteiger partial charge is 0.472 e. The molecular weight excluding hydrogens is 405 g/mol. The topological polar surface area (TPSA) is 191 Å². The number of hydrogen-bond donors (Lipinski definition) is 6. The van der Waals surface area contributed by atoms with Crippen molar-refractivity contribution in [1.82, 2.24) is 19.5 Å². The number of unbranched alkanes of at least 4 members (excludes halogenated alkanes) is 1. The van der Waals surface area contributed by atoms with Crippen molar-refractivity contribution in [2.45, 2.75) is 19.4 Å². The van der Waals surface area contributed by atoms with E-state index in [4.69, 9.17) is 20.0 Å². The molecular formula is C16H20N5O7P. The number of aromatic nitrogens is 4. The normalized spacial score (nSPS) is 11.0. The summed E-state index contributed by atoms with van der Waals surface area (Å²) < 4.78 is 11.3. The minimum Gasteiger partial charge on any atom is -0.472 e. The summed E-state index contributed by atoms with van der Waals surface area (Å²) in [4.78, 5) is 47.8. The number of H-pyrrole nitrogens is 1. The molecule has 0 aliphatic heterocycles. The maximum absolute atomic E-state index is 12.1. The van der Waals surface area contributed by atoms with Gasteiger partial charge in [0.15, 0.2) is 11.2 Å². The van der Waals surface area contributed by atoms with Gasteiger partial charge in [0.1, 0.15) is 0 Å². The van der Waals surface area contributed by atoms with Crippen LogP contribution in [-0.4, -0.2) is 51.8 Å². The number of rotatable bonds is 7. The van der Waals surface area contributed by atoms with E-state index in [1.807, 2.05) is 34.9 Å². The minimum absolute atomic E-state index is 0.154. The molecule has 13 heteroatoms. The molecule has 29 heavy (non-hydrogen) atoms. The highest BCUT2D eigenvalue weighted by atomic mass is 31.2. The Labute approximate surface area is 164 Å². The van der Waals surface area contributed by atoms with Gasteiger partial charge in [-0.25, -0.2) is 14.3 Å². The lowest BCUT2D eigenvalue weighted by molar-refractivity contribution is 0.208. The van der Waals surface area contributed by atoms with Crippen molar-refractivity contribution in [3.63, 3.8) is 0 Å². The van der Waals surface area contributed by atoms with Gasteiger partial charge >= 0.3 is 13.3 Å². The lowest BCUT2D eigenvalue weighted by Gasteiger charge is -2.06. The maximum atomic E-state index is 12.1. The lowest BCUT2D eigenvalue weighted by atomic mass is 10.3. The van der Waals surface area contributed by atoms with Crippen LogP contribution < -0.4 is 10.9 Å². The van der Waals surface area contributed by atoms with Crippen molar-refractivity contribution in [2.24, 2.45) is 0 Å². The predicted molar refractivity (Wildman–Crippen MR) is 104 cm³/mol. The summed E-state index contributed by atoms with van der Waals surface area (Å²) in [5, 5.41) is 19.4. The Morgan fingerprint density at radius 3 is 2.45 bits per heavy atom. The van der Waals surface area contributed by atoms with Crippen LogP contribution in [0.4, 0.5) is 16.4 Å². The zero-order chi connectivity index (χ0) is 21.4. The molecule has 0 aliphatic carbocycles. The summed E-state index contributed by atoms with van der Waals surface area (Å²) in [5.41, 5.74) is -0.657. The molecule has 0 amide bonds. The number of para-hydroxylation sites is 1. The van der Waals surface area contributed by atoms with Gasteiger partial charge in [0.2, 0.25) is 5.95 Å². The molecule has 12 nitrogen and oxygen atoms in total. The number of imidazole rings is 1. The summed E-state index contributed by atoms with van der Waals surface area (Å²) in [6, 6.07) is 9.50. The Morgan fingerprint density at radius 2 is 1.86 bits per heavy atom.